The summed E-state index contributed by atoms with van der Waals surface area (Å²) in [6.45, 7) is 1.88. The van der Waals surface area contributed by atoms with Gasteiger partial charge in [0.25, 0.3) is 5.91 Å². The van der Waals surface area contributed by atoms with Crippen LogP contribution in [0.2, 0.25) is 0 Å². The van der Waals surface area contributed by atoms with Crippen molar-refractivity contribution in [2.45, 2.75) is 50.6 Å². The van der Waals surface area contributed by atoms with Crippen molar-refractivity contribution in [1.82, 2.24) is 15.6 Å². The van der Waals surface area contributed by atoms with Crippen molar-refractivity contribution in [3.05, 3.63) is 41.3 Å². The van der Waals surface area contributed by atoms with Crippen molar-refractivity contribution >= 4 is 22.7 Å². The molecule has 2 atom stereocenters. The van der Waals surface area contributed by atoms with E-state index < -0.39 is 0 Å². The number of carbonyl (C=O) groups excluding carboxylic acids is 2. The van der Waals surface area contributed by atoms with Gasteiger partial charge < -0.3 is 10.6 Å². The van der Waals surface area contributed by atoms with Crippen LogP contribution < -0.4 is 10.6 Å². The summed E-state index contributed by atoms with van der Waals surface area (Å²) in [6.07, 6.45) is 3.15. The molecule has 1 aliphatic heterocycles. The first-order chi connectivity index (χ1) is 12.0. The van der Waals surface area contributed by atoms with Crippen LogP contribution in [-0.4, -0.2) is 28.9 Å². The Kier molecular flexibility index (Phi) is 3.90. The lowest BCUT2D eigenvalue weighted by molar-refractivity contribution is -0.123. The lowest BCUT2D eigenvalue weighted by Gasteiger charge is -2.30. The molecule has 6 heteroatoms. The predicted octanol–water partition coefficient (Wildman–Crippen LogP) is 2.65. The minimum Gasteiger partial charge on any atom is -0.352 e. The number of aromatic nitrogens is 1. The van der Waals surface area contributed by atoms with Gasteiger partial charge in [-0.1, -0.05) is 0 Å². The summed E-state index contributed by atoms with van der Waals surface area (Å²) in [5.74, 6) is -0.229. The van der Waals surface area contributed by atoms with Crippen molar-refractivity contribution in [2.24, 2.45) is 0 Å². The Labute approximate surface area is 145 Å². The van der Waals surface area contributed by atoms with E-state index in [9.17, 15) is 14.0 Å². The largest absolute Gasteiger partial charge is 0.352 e. The zero-order valence-corrected chi connectivity index (χ0v) is 14.0. The molecule has 2 fully saturated rings. The topological polar surface area (TPSA) is 71.1 Å². The second-order valence-electron chi connectivity index (χ2n) is 7.01. The molecule has 1 aromatic carbocycles. The molecule has 0 bridgehead atoms. The number of pyridine rings is 1. The monoisotopic (exact) mass is 341 g/mol. The molecule has 0 radical (unpaired) electrons. The third-order valence-corrected chi connectivity index (χ3v) is 5.02. The smallest absolute Gasteiger partial charge is 0.252 e. The maximum Gasteiger partial charge on any atom is 0.252 e. The summed E-state index contributed by atoms with van der Waals surface area (Å²) in [7, 11) is 0. The molecule has 2 unspecified atom stereocenters. The van der Waals surface area contributed by atoms with Gasteiger partial charge in [0.2, 0.25) is 5.91 Å². The Hall–Kier alpha value is -2.50. The average Bonchev–Trinajstić information content (AvgIpc) is 3.41. The molecule has 2 heterocycles. The number of rotatable bonds is 3. The fourth-order valence-corrected chi connectivity index (χ4v) is 3.40. The molecule has 25 heavy (non-hydrogen) atoms. The highest BCUT2D eigenvalue weighted by Gasteiger charge is 2.29. The quantitative estimate of drug-likeness (QED) is 0.902. The Morgan fingerprint density at radius 2 is 2.08 bits per heavy atom. The summed E-state index contributed by atoms with van der Waals surface area (Å²) in [4.78, 5) is 28.9. The fourth-order valence-electron chi connectivity index (χ4n) is 3.40. The second-order valence-corrected chi connectivity index (χ2v) is 7.01. The number of nitrogens with zero attached hydrogens (tertiary/aromatic N) is 1. The van der Waals surface area contributed by atoms with Gasteiger partial charge in [0.05, 0.1) is 11.1 Å². The SMILES string of the molecule is CC1NC(=O)CCC1NC(=O)c1cc(C2CC2)nc2ccc(F)cc12. The van der Waals surface area contributed by atoms with E-state index in [2.05, 4.69) is 15.6 Å². The molecule has 2 aromatic rings. The molecule has 1 saturated heterocycles. The van der Waals surface area contributed by atoms with Gasteiger partial charge in [0, 0.05) is 35.5 Å². The second kappa shape index (κ2) is 6.10. The number of halogens is 1. The molecule has 4 rings (SSSR count). The highest BCUT2D eigenvalue weighted by atomic mass is 19.1. The highest BCUT2D eigenvalue weighted by molar-refractivity contribution is 6.06. The Morgan fingerprint density at radius 3 is 2.80 bits per heavy atom. The van der Waals surface area contributed by atoms with Crippen LogP contribution in [0.25, 0.3) is 10.9 Å². The van der Waals surface area contributed by atoms with Crippen LogP contribution in [0.3, 0.4) is 0 Å². The molecule has 1 aliphatic carbocycles. The maximum atomic E-state index is 13.7. The van der Waals surface area contributed by atoms with Gasteiger partial charge >= 0.3 is 0 Å². The van der Waals surface area contributed by atoms with Gasteiger partial charge in [-0.3, -0.25) is 14.6 Å². The molecule has 0 spiro atoms. The summed E-state index contributed by atoms with van der Waals surface area (Å²) >= 11 is 0. The summed E-state index contributed by atoms with van der Waals surface area (Å²) in [5, 5.41) is 6.37. The summed E-state index contributed by atoms with van der Waals surface area (Å²) in [5.41, 5.74) is 1.99. The predicted molar refractivity (Wildman–Crippen MR) is 91.8 cm³/mol. The standard InChI is InChI=1S/C19H20FN3O2/c1-10-15(6-7-18(24)21-10)23-19(25)14-9-17(11-2-3-11)22-16-5-4-12(20)8-13(14)16/h4-5,8-11,15H,2-3,6-7H2,1H3,(H,21,24)(H,23,25). The van der Waals surface area contributed by atoms with Gasteiger partial charge in [-0.2, -0.15) is 0 Å². The highest BCUT2D eigenvalue weighted by Crippen LogP contribution is 2.40. The van der Waals surface area contributed by atoms with E-state index in [4.69, 9.17) is 0 Å². The number of carbonyl (C=O) groups is 2. The van der Waals surface area contributed by atoms with E-state index in [1.165, 1.54) is 12.1 Å². The van der Waals surface area contributed by atoms with Crippen LogP contribution in [0.5, 0.6) is 0 Å². The van der Waals surface area contributed by atoms with Crippen molar-refractivity contribution < 1.29 is 14.0 Å². The van der Waals surface area contributed by atoms with Crippen LogP contribution in [0.1, 0.15) is 54.6 Å². The van der Waals surface area contributed by atoms with Gasteiger partial charge in [-0.15, -0.1) is 0 Å². The number of nitrogens with one attached hydrogen (secondary N) is 2. The minimum atomic E-state index is -0.388. The van der Waals surface area contributed by atoms with Crippen molar-refractivity contribution in [3.63, 3.8) is 0 Å². The molecule has 1 saturated carbocycles. The van der Waals surface area contributed by atoms with E-state index >= 15 is 0 Å². The maximum absolute atomic E-state index is 13.7. The summed E-state index contributed by atoms with van der Waals surface area (Å²) in [6, 6.07) is 5.88. The molecule has 1 aromatic heterocycles. The van der Waals surface area contributed by atoms with E-state index in [1.54, 1.807) is 12.1 Å². The zero-order chi connectivity index (χ0) is 17.6. The Morgan fingerprint density at radius 1 is 1.28 bits per heavy atom. The lowest BCUT2D eigenvalue weighted by atomic mass is 9.98. The third-order valence-electron chi connectivity index (χ3n) is 5.02. The van der Waals surface area contributed by atoms with Gasteiger partial charge in [0.1, 0.15) is 5.82 Å². The molecule has 2 aliphatic rings. The number of fused-ring (bicyclic) bond motifs is 1. The zero-order valence-electron chi connectivity index (χ0n) is 14.0. The van der Waals surface area contributed by atoms with Gasteiger partial charge in [-0.05, 0) is 50.5 Å². The first-order valence-corrected chi connectivity index (χ1v) is 8.71. The van der Waals surface area contributed by atoms with Crippen LogP contribution in [-0.2, 0) is 4.79 Å². The van der Waals surface area contributed by atoms with E-state index in [-0.39, 0.29) is 29.7 Å². The molecule has 2 amide bonds. The van der Waals surface area contributed by atoms with E-state index in [0.717, 1.165) is 18.5 Å². The van der Waals surface area contributed by atoms with Crippen LogP contribution in [0, 0.1) is 5.82 Å². The number of piperidine rings is 1. The van der Waals surface area contributed by atoms with E-state index in [0.29, 0.717) is 35.2 Å². The first-order valence-electron chi connectivity index (χ1n) is 8.71. The number of amides is 2. The molecule has 130 valence electrons. The number of benzene rings is 1. The molecule has 2 N–H and O–H groups in total. The summed E-state index contributed by atoms with van der Waals surface area (Å²) < 4.78 is 13.7. The van der Waals surface area contributed by atoms with Crippen LogP contribution in [0.4, 0.5) is 4.39 Å². The van der Waals surface area contributed by atoms with Crippen molar-refractivity contribution in [3.8, 4) is 0 Å². The van der Waals surface area contributed by atoms with Crippen LogP contribution in [0.15, 0.2) is 24.3 Å². The third kappa shape index (κ3) is 3.21. The lowest BCUT2D eigenvalue weighted by Crippen LogP contribution is -2.54. The Bertz CT molecular complexity index is 863. The van der Waals surface area contributed by atoms with Gasteiger partial charge in [0.15, 0.2) is 0 Å². The normalized spacial score (nSPS) is 23.4. The molecular weight excluding hydrogens is 321 g/mol. The van der Waals surface area contributed by atoms with Gasteiger partial charge in [-0.25, -0.2) is 4.39 Å². The molecule has 5 nitrogen and oxygen atoms in total. The number of hydrogen-bond acceptors (Lipinski definition) is 3. The van der Waals surface area contributed by atoms with Crippen LogP contribution >= 0.6 is 0 Å². The Balaban J connectivity index is 1.68. The van der Waals surface area contributed by atoms with E-state index in [1.807, 2.05) is 6.92 Å². The van der Waals surface area contributed by atoms with Crippen molar-refractivity contribution in [2.75, 3.05) is 0 Å². The minimum absolute atomic E-state index is 0.00505. The first kappa shape index (κ1) is 16.0. The number of hydrogen-bond donors (Lipinski definition) is 2. The molecular formula is C19H20FN3O2. The fraction of sp³-hybridized carbons (Fsp3) is 0.421. The average molecular weight is 341 g/mol. The van der Waals surface area contributed by atoms with Crippen molar-refractivity contribution in [1.29, 1.82) is 0 Å².